The maximum Gasteiger partial charge on any atom is 0.267 e. The highest BCUT2D eigenvalue weighted by Gasteiger charge is 2.32. The number of nitrogens with zero attached hydrogens (tertiary/aromatic N) is 2. The molecule has 0 radical (unpaired) electrons. The molecule has 6 heteroatoms. The zero-order valence-electron chi connectivity index (χ0n) is 17.5. The van der Waals surface area contributed by atoms with Gasteiger partial charge in [0.15, 0.2) is 6.10 Å². The molecule has 1 aliphatic rings. The topological polar surface area (TPSA) is 63.6 Å². The third kappa shape index (κ3) is 3.20. The van der Waals surface area contributed by atoms with Gasteiger partial charge in [0.05, 0.1) is 12.2 Å². The molecule has 31 heavy (non-hydrogen) atoms. The quantitative estimate of drug-likeness (QED) is 0.535. The SMILES string of the molecule is CCn1c2ccccc2c2cc(NC(=O)[C@H]3CN(C(C)=O)c4ccccc4O3)ccc21. The average molecular weight is 413 g/mol. The molecule has 0 bridgehead atoms. The molecule has 6 nitrogen and oxygen atoms in total. The van der Waals surface area contributed by atoms with E-state index in [0.717, 1.165) is 22.8 Å². The molecule has 1 aromatic heterocycles. The minimum Gasteiger partial charge on any atom is -0.476 e. The van der Waals surface area contributed by atoms with Gasteiger partial charge in [-0.3, -0.25) is 9.59 Å². The summed E-state index contributed by atoms with van der Waals surface area (Å²) in [5, 5.41) is 5.22. The molecule has 3 aromatic carbocycles. The van der Waals surface area contributed by atoms with Crippen LogP contribution in [0.1, 0.15) is 13.8 Å². The first-order chi connectivity index (χ1) is 15.1. The van der Waals surface area contributed by atoms with E-state index >= 15 is 0 Å². The first-order valence-electron chi connectivity index (χ1n) is 10.4. The van der Waals surface area contributed by atoms with Crippen LogP contribution in [0.5, 0.6) is 5.75 Å². The van der Waals surface area contributed by atoms with Crippen LogP contribution in [0.15, 0.2) is 66.7 Å². The van der Waals surface area contributed by atoms with Crippen molar-refractivity contribution in [3.63, 3.8) is 0 Å². The number of hydrogen-bond acceptors (Lipinski definition) is 3. The van der Waals surface area contributed by atoms with E-state index in [1.54, 1.807) is 11.0 Å². The summed E-state index contributed by atoms with van der Waals surface area (Å²) >= 11 is 0. The fraction of sp³-hybridized carbons (Fsp3) is 0.200. The van der Waals surface area contributed by atoms with Crippen LogP contribution >= 0.6 is 0 Å². The Morgan fingerprint density at radius 3 is 2.55 bits per heavy atom. The average Bonchev–Trinajstić information content (AvgIpc) is 3.11. The van der Waals surface area contributed by atoms with E-state index in [1.165, 1.54) is 12.4 Å². The van der Waals surface area contributed by atoms with Crippen molar-refractivity contribution in [2.75, 3.05) is 16.8 Å². The molecule has 156 valence electrons. The number of anilines is 2. The van der Waals surface area contributed by atoms with Crippen LogP contribution in [0.4, 0.5) is 11.4 Å². The number of carbonyl (C=O) groups is 2. The van der Waals surface area contributed by atoms with Crippen LogP contribution in [-0.2, 0) is 16.1 Å². The Hall–Kier alpha value is -3.80. The summed E-state index contributed by atoms with van der Waals surface area (Å²) in [4.78, 5) is 26.7. The Morgan fingerprint density at radius 1 is 1.00 bits per heavy atom. The summed E-state index contributed by atoms with van der Waals surface area (Å²) in [6, 6.07) is 21.5. The molecule has 0 unspecified atom stereocenters. The number of aromatic nitrogens is 1. The number of carbonyl (C=O) groups excluding carboxylic acids is 2. The van der Waals surface area contributed by atoms with E-state index in [-0.39, 0.29) is 18.4 Å². The molecular formula is C25H23N3O3. The van der Waals surface area contributed by atoms with E-state index in [0.29, 0.717) is 17.1 Å². The lowest BCUT2D eigenvalue weighted by molar-refractivity contribution is -0.123. The maximum absolute atomic E-state index is 13.0. The number of aryl methyl sites for hydroxylation is 1. The smallest absolute Gasteiger partial charge is 0.267 e. The lowest BCUT2D eigenvalue weighted by Gasteiger charge is -2.33. The molecule has 1 aliphatic heterocycles. The van der Waals surface area contributed by atoms with Gasteiger partial charge in [0.1, 0.15) is 5.75 Å². The van der Waals surface area contributed by atoms with Crippen molar-refractivity contribution in [1.29, 1.82) is 0 Å². The molecule has 0 spiro atoms. The largest absolute Gasteiger partial charge is 0.476 e. The van der Waals surface area contributed by atoms with Gasteiger partial charge in [-0.15, -0.1) is 0 Å². The molecule has 1 N–H and O–H groups in total. The van der Waals surface area contributed by atoms with Gasteiger partial charge in [-0.05, 0) is 43.3 Å². The van der Waals surface area contributed by atoms with E-state index < -0.39 is 6.10 Å². The van der Waals surface area contributed by atoms with E-state index in [9.17, 15) is 9.59 Å². The number of amides is 2. The van der Waals surface area contributed by atoms with Gasteiger partial charge >= 0.3 is 0 Å². The molecular weight excluding hydrogens is 390 g/mol. The highest BCUT2D eigenvalue weighted by atomic mass is 16.5. The lowest BCUT2D eigenvalue weighted by Crippen LogP contribution is -2.48. The first kappa shape index (κ1) is 19.2. The van der Waals surface area contributed by atoms with Crippen molar-refractivity contribution in [3.05, 3.63) is 66.7 Å². The van der Waals surface area contributed by atoms with Gasteiger partial charge in [-0.1, -0.05) is 30.3 Å². The van der Waals surface area contributed by atoms with Crippen LogP contribution in [0, 0.1) is 0 Å². The van der Waals surface area contributed by atoms with Crippen molar-refractivity contribution < 1.29 is 14.3 Å². The summed E-state index contributed by atoms with van der Waals surface area (Å²) in [5.74, 6) is 0.132. The van der Waals surface area contributed by atoms with Crippen molar-refractivity contribution in [1.82, 2.24) is 4.57 Å². The van der Waals surface area contributed by atoms with E-state index in [2.05, 4.69) is 28.9 Å². The second-order valence-electron chi connectivity index (χ2n) is 7.69. The van der Waals surface area contributed by atoms with Crippen LogP contribution in [0.25, 0.3) is 21.8 Å². The number of ether oxygens (including phenoxy) is 1. The van der Waals surface area contributed by atoms with Crippen molar-refractivity contribution in [2.45, 2.75) is 26.5 Å². The number of fused-ring (bicyclic) bond motifs is 4. The van der Waals surface area contributed by atoms with Crippen LogP contribution in [-0.4, -0.2) is 29.0 Å². The maximum atomic E-state index is 13.0. The molecule has 0 saturated heterocycles. The minimum atomic E-state index is -0.786. The monoisotopic (exact) mass is 413 g/mol. The number of para-hydroxylation sites is 3. The van der Waals surface area contributed by atoms with Crippen LogP contribution in [0.2, 0.25) is 0 Å². The Morgan fingerprint density at radius 2 is 1.74 bits per heavy atom. The van der Waals surface area contributed by atoms with Crippen LogP contribution in [0.3, 0.4) is 0 Å². The first-order valence-corrected chi connectivity index (χ1v) is 10.4. The van der Waals surface area contributed by atoms with Gasteiger partial charge in [0.25, 0.3) is 5.91 Å². The van der Waals surface area contributed by atoms with Crippen molar-refractivity contribution in [2.24, 2.45) is 0 Å². The lowest BCUT2D eigenvalue weighted by atomic mass is 10.1. The molecule has 5 rings (SSSR count). The third-order valence-corrected chi connectivity index (χ3v) is 5.80. The molecule has 1 atom stereocenters. The number of benzene rings is 3. The predicted octanol–water partition coefficient (Wildman–Crippen LogP) is 4.57. The van der Waals surface area contributed by atoms with Crippen LogP contribution < -0.4 is 15.0 Å². The fourth-order valence-electron chi connectivity index (χ4n) is 4.36. The summed E-state index contributed by atoms with van der Waals surface area (Å²) in [6.45, 7) is 4.66. The van der Waals surface area contributed by atoms with Gasteiger partial charge in [0, 0.05) is 41.0 Å². The van der Waals surface area contributed by atoms with E-state index in [1.807, 2.05) is 48.5 Å². The number of rotatable bonds is 3. The van der Waals surface area contributed by atoms with Gasteiger partial charge in [-0.25, -0.2) is 0 Å². The minimum absolute atomic E-state index is 0.123. The Balaban J connectivity index is 1.45. The Kier molecular flexibility index (Phi) is 4.62. The molecule has 2 heterocycles. The summed E-state index contributed by atoms with van der Waals surface area (Å²) in [7, 11) is 0. The summed E-state index contributed by atoms with van der Waals surface area (Å²) < 4.78 is 8.18. The zero-order chi connectivity index (χ0) is 21.5. The Bertz CT molecular complexity index is 1320. The fourth-order valence-corrected chi connectivity index (χ4v) is 4.36. The second-order valence-corrected chi connectivity index (χ2v) is 7.69. The predicted molar refractivity (Wildman–Crippen MR) is 123 cm³/mol. The van der Waals surface area contributed by atoms with Crippen molar-refractivity contribution >= 4 is 45.0 Å². The second kappa shape index (κ2) is 7.47. The highest BCUT2D eigenvalue weighted by molar-refractivity contribution is 6.10. The number of hydrogen-bond donors (Lipinski definition) is 1. The molecule has 4 aromatic rings. The van der Waals surface area contributed by atoms with Gasteiger partial charge in [0.2, 0.25) is 5.91 Å². The molecule has 2 amide bonds. The molecule has 0 saturated carbocycles. The molecule has 0 fully saturated rings. The zero-order valence-corrected chi connectivity index (χ0v) is 17.5. The normalized spacial score (nSPS) is 15.5. The molecule has 0 aliphatic carbocycles. The number of nitrogens with one attached hydrogen (secondary N) is 1. The summed E-state index contributed by atoms with van der Waals surface area (Å²) in [6.07, 6.45) is -0.786. The van der Waals surface area contributed by atoms with E-state index in [4.69, 9.17) is 4.74 Å². The Labute approximate surface area is 180 Å². The standard InChI is InChI=1S/C25H23N3O3/c1-3-27-20-9-5-4-8-18(20)19-14-17(12-13-21(19)27)26-25(30)24-15-28(16(2)29)22-10-6-7-11-23(22)31-24/h4-14,24H,3,15H2,1-2H3,(H,26,30)/t24-/m1/s1. The third-order valence-electron chi connectivity index (χ3n) is 5.80. The highest BCUT2D eigenvalue weighted by Crippen LogP contribution is 2.34. The van der Waals surface area contributed by atoms with Gasteiger partial charge < -0.3 is 19.5 Å². The summed E-state index contributed by atoms with van der Waals surface area (Å²) in [5.41, 5.74) is 3.70. The van der Waals surface area contributed by atoms with Crippen molar-refractivity contribution in [3.8, 4) is 5.75 Å². The van der Waals surface area contributed by atoms with Gasteiger partial charge in [-0.2, -0.15) is 0 Å².